The van der Waals surface area contributed by atoms with E-state index in [0.717, 1.165) is 0 Å². The van der Waals surface area contributed by atoms with Gasteiger partial charge < -0.3 is 10.6 Å². The zero-order chi connectivity index (χ0) is 11.8. The van der Waals surface area contributed by atoms with Crippen LogP contribution in [0.15, 0.2) is 16.8 Å². The van der Waals surface area contributed by atoms with Gasteiger partial charge in [0.1, 0.15) is 0 Å². The van der Waals surface area contributed by atoms with Crippen molar-refractivity contribution in [3.05, 3.63) is 22.4 Å². The fourth-order valence-electron chi connectivity index (χ4n) is 1.28. The van der Waals surface area contributed by atoms with Gasteiger partial charge >= 0.3 is 0 Å². The number of terminal acetylenes is 1. The zero-order valence-corrected chi connectivity index (χ0v) is 10.1. The van der Waals surface area contributed by atoms with Crippen LogP contribution in [0.25, 0.3) is 0 Å². The molecular formula is C12H16N2OS. The second-order valence-electron chi connectivity index (χ2n) is 3.46. The summed E-state index contributed by atoms with van der Waals surface area (Å²) in [6.07, 6.45) is 5.49. The minimum absolute atomic E-state index is 0.0111. The van der Waals surface area contributed by atoms with Crippen molar-refractivity contribution in [3.63, 3.8) is 0 Å². The van der Waals surface area contributed by atoms with E-state index in [9.17, 15) is 4.79 Å². The molecule has 16 heavy (non-hydrogen) atoms. The molecule has 0 spiro atoms. The van der Waals surface area contributed by atoms with Crippen LogP contribution in [0, 0.1) is 12.3 Å². The SMILES string of the molecule is C#CCNC(=O)CCNC(C)c1ccsc1. The Bertz CT molecular complexity index is 354. The third-order valence-corrected chi connectivity index (χ3v) is 2.93. The molecule has 1 amide bonds. The van der Waals surface area contributed by atoms with Gasteiger partial charge in [-0.05, 0) is 29.3 Å². The van der Waals surface area contributed by atoms with Gasteiger partial charge in [0.05, 0.1) is 6.54 Å². The lowest BCUT2D eigenvalue weighted by atomic mass is 10.2. The van der Waals surface area contributed by atoms with E-state index >= 15 is 0 Å². The molecule has 0 aliphatic heterocycles. The Kier molecular flexibility index (Phi) is 5.62. The number of amides is 1. The van der Waals surface area contributed by atoms with Gasteiger partial charge in [0.25, 0.3) is 0 Å². The summed E-state index contributed by atoms with van der Waals surface area (Å²) in [7, 11) is 0. The molecule has 0 saturated heterocycles. The number of hydrogen-bond acceptors (Lipinski definition) is 3. The Labute approximate surface area is 100 Å². The first-order valence-corrected chi connectivity index (χ1v) is 6.14. The molecule has 1 heterocycles. The number of thiophene rings is 1. The second-order valence-corrected chi connectivity index (χ2v) is 4.24. The maximum absolute atomic E-state index is 11.2. The highest BCUT2D eigenvalue weighted by atomic mass is 32.1. The highest BCUT2D eigenvalue weighted by Gasteiger charge is 2.05. The lowest BCUT2D eigenvalue weighted by Crippen LogP contribution is -2.28. The molecule has 1 rings (SSSR count). The first kappa shape index (κ1) is 12.8. The number of nitrogens with one attached hydrogen (secondary N) is 2. The van der Waals surface area contributed by atoms with Gasteiger partial charge in [-0.2, -0.15) is 11.3 Å². The molecular weight excluding hydrogens is 220 g/mol. The van der Waals surface area contributed by atoms with Crippen LogP contribution in [0.5, 0.6) is 0 Å². The maximum Gasteiger partial charge on any atom is 0.222 e. The van der Waals surface area contributed by atoms with Crippen LogP contribution in [0.3, 0.4) is 0 Å². The van der Waals surface area contributed by atoms with Crippen molar-refractivity contribution < 1.29 is 4.79 Å². The van der Waals surface area contributed by atoms with Crippen LogP contribution in [0.4, 0.5) is 0 Å². The molecule has 1 aromatic rings. The molecule has 0 radical (unpaired) electrons. The van der Waals surface area contributed by atoms with Crippen molar-refractivity contribution in [3.8, 4) is 12.3 Å². The normalized spacial score (nSPS) is 11.8. The molecule has 0 bridgehead atoms. The number of rotatable bonds is 6. The molecule has 0 aliphatic carbocycles. The minimum atomic E-state index is -0.0111. The standard InChI is InChI=1S/C12H16N2OS/c1-3-6-14-12(15)4-7-13-10(2)11-5-8-16-9-11/h1,5,8-10,13H,4,6-7H2,2H3,(H,14,15). The van der Waals surface area contributed by atoms with Crippen LogP contribution < -0.4 is 10.6 Å². The number of carbonyl (C=O) groups is 1. The van der Waals surface area contributed by atoms with Crippen molar-refractivity contribution in [2.24, 2.45) is 0 Å². The molecule has 1 aromatic heterocycles. The fraction of sp³-hybridized carbons (Fsp3) is 0.417. The van der Waals surface area contributed by atoms with Gasteiger partial charge in [0.15, 0.2) is 0 Å². The van der Waals surface area contributed by atoms with E-state index in [1.807, 2.05) is 5.38 Å². The summed E-state index contributed by atoms with van der Waals surface area (Å²) in [4.78, 5) is 11.2. The Hall–Kier alpha value is -1.31. The lowest BCUT2D eigenvalue weighted by Gasteiger charge is -2.11. The summed E-state index contributed by atoms with van der Waals surface area (Å²) in [5.41, 5.74) is 1.26. The summed E-state index contributed by atoms with van der Waals surface area (Å²) in [5, 5.41) is 10.1. The number of carbonyl (C=O) groups excluding carboxylic acids is 1. The van der Waals surface area contributed by atoms with Gasteiger partial charge in [-0.3, -0.25) is 4.79 Å². The minimum Gasteiger partial charge on any atom is -0.345 e. The van der Waals surface area contributed by atoms with E-state index in [-0.39, 0.29) is 11.9 Å². The monoisotopic (exact) mass is 236 g/mol. The third-order valence-electron chi connectivity index (χ3n) is 2.23. The van der Waals surface area contributed by atoms with Crippen molar-refractivity contribution in [2.75, 3.05) is 13.1 Å². The largest absolute Gasteiger partial charge is 0.345 e. The highest BCUT2D eigenvalue weighted by Crippen LogP contribution is 2.14. The van der Waals surface area contributed by atoms with Crippen molar-refractivity contribution >= 4 is 17.2 Å². The van der Waals surface area contributed by atoms with Gasteiger partial charge in [-0.15, -0.1) is 6.42 Å². The maximum atomic E-state index is 11.2. The van der Waals surface area contributed by atoms with E-state index in [2.05, 4.69) is 34.9 Å². The fourth-order valence-corrected chi connectivity index (χ4v) is 2.03. The summed E-state index contributed by atoms with van der Waals surface area (Å²) in [5.74, 6) is 2.36. The Morgan fingerprint density at radius 3 is 3.12 bits per heavy atom. The van der Waals surface area contributed by atoms with E-state index in [1.165, 1.54) is 5.56 Å². The molecule has 0 saturated carbocycles. The third kappa shape index (κ3) is 4.47. The smallest absolute Gasteiger partial charge is 0.222 e. The summed E-state index contributed by atoms with van der Waals surface area (Å²) in [6, 6.07) is 2.37. The van der Waals surface area contributed by atoms with Gasteiger partial charge in [0, 0.05) is 19.0 Å². The average Bonchev–Trinajstić information content (AvgIpc) is 2.79. The van der Waals surface area contributed by atoms with E-state index in [1.54, 1.807) is 11.3 Å². The molecule has 3 nitrogen and oxygen atoms in total. The number of hydrogen-bond donors (Lipinski definition) is 2. The Morgan fingerprint density at radius 2 is 2.50 bits per heavy atom. The summed E-state index contributed by atoms with van der Waals surface area (Å²) in [6.45, 7) is 3.05. The topological polar surface area (TPSA) is 41.1 Å². The molecule has 1 unspecified atom stereocenters. The van der Waals surface area contributed by atoms with Crippen molar-refractivity contribution in [1.29, 1.82) is 0 Å². The van der Waals surface area contributed by atoms with E-state index < -0.39 is 0 Å². The average molecular weight is 236 g/mol. The summed E-state index contributed by atoms with van der Waals surface area (Å²) < 4.78 is 0. The zero-order valence-electron chi connectivity index (χ0n) is 9.32. The molecule has 2 N–H and O–H groups in total. The molecule has 4 heteroatoms. The molecule has 0 aromatic carbocycles. The Balaban J connectivity index is 2.16. The van der Waals surface area contributed by atoms with Gasteiger partial charge in [-0.25, -0.2) is 0 Å². The first-order chi connectivity index (χ1) is 7.74. The van der Waals surface area contributed by atoms with Crippen LogP contribution >= 0.6 is 11.3 Å². The first-order valence-electron chi connectivity index (χ1n) is 5.19. The predicted octanol–water partition coefficient (Wildman–Crippen LogP) is 1.54. The molecule has 0 fully saturated rings. The van der Waals surface area contributed by atoms with Crippen LogP contribution in [-0.4, -0.2) is 19.0 Å². The van der Waals surface area contributed by atoms with Gasteiger partial charge in [-0.1, -0.05) is 5.92 Å². The lowest BCUT2D eigenvalue weighted by molar-refractivity contribution is -0.120. The quantitative estimate of drug-likeness (QED) is 0.736. The summed E-state index contributed by atoms with van der Waals surface area (Å²) >= 11 is 1.68. The van der Waals surface area contributed by atoms with E-state index in [0.29, 0.717) is 19.5 Å². The van der Waals surface area contributed by atoms with Crippen molar-refractivity contribution in [2.45, 2.75) is 19.4 Å². The van der Waals surface area contributed by atoms with Crippen LogP contribution in [-0.2, 0) is 4.79 Å². The van der Waals surface area contributed by atoms with Crippen LogP contribution in [0.1, 0.15) is 24.9 Å². The molecule has 1 atom stereocenters. The molecule has 86 valence electrons. The van der Waals surface area contributed by atoms with E-state index in [4.69, 9.17) is 6.42 Å². The molecule has 0 aliphatic rings. The van der Waals surface area contributed by atoms with Crippen molar-refractivity contribution in [1.82, 2.24) is 10.6 Å². The second kappa shape index (κ2) is 7.04. The van der Waals surface area contributed by atoms with Crippen LogP contribution in [0.2, 0.25) is 0 Å². The van der Waals surface area contributed by atoms with Gasteiger partial charge in [0.2, 0.25) is 5.91 Å². The predicted molar refractivity (Wildman–Crippen MR) is 67.2 cm³/mol. The Morgan fingerprint density at radius 1 is 1.69 bits per heavy atom. The highest BCUT2D eigenvalue weighted by molar-refractivity contribution is 7.07.